The van der Waals surface area contributed by atoms with Gasteiger partial charge >= 0.3 is 0 Å². The van der Waals surface area contributed by atoms with Crippen molar-refractivity contribution in [2.24, 2.45) is 0 Å². The predicted octanol–water partition coefficient (Wildman–Crippen LogP) is 3.13. The van der Waals surface area contributed by atoms with E-state index in [9.17, 15) is 9.59 Å². The Kier molecular flexibility index (Phi) is 6.98. The van der Waals surface area contributed by atoms with Crippen molar-refractivity contribution in [2.45, 2.75) is 25.4 Å². The number of amides is 2. The number of carbonyl (C=O) groups is 2. The van der Waals surface area contributed by atoms with Gasteiger partial charge in [-0.05, 0) is 48.1 Å². The minimum atomic E-state index is -0.546. The minimum absolute atomic E-state index is 0.0215. The van der Waals surface area contributed by atoms with Crippen LogP contribution in [0.25, 0.3) is 0 Å². The summed E-state index contributed by atoms with van der Waals surface area (Å²) in [4.78, 5) is 27.9. The molecule has 3 rings (SSSR count). The largest absolute Gasteiger partial charge is 0.496 e. The zero-order valence-electron chi connectivity index (χ0n) is 16.3. The van der Waals surface area contributed by atoms with Crippen molar-refractivity contribution in [2.75, 3.05) is 25.7 Å². The number of ether oxygens (including phenoxy) is 1. The zero-order chi connectivity index (χ0) is 19.9. The Balaban J connectivity index is 1.74. The van der Waals surface area contributed by atoms with Crippen LogP contribution >= 0.6 is 11.8 Å². The maximum absolute atomic E-state index is 13.2. The van der Waals surface area contributed by atoms with Gasteiger partial charge in [0.25, 0.3) is 5.91 Å². The smallest absolute Gasteiger partial charge is 0.255 e. The van der Waals surface area contributed by atoms with Gasteiger partial charge < -0.3 is 15.0 Å². The van der Waals surface area contributed by atoms with Gasteiger partial charge in [-0.25, -0.2) is 0 Å². The molecule has 6 heteroatoms. The molecule has 28 heavy (non-hydrogen) atoms. The molecule has 2 aromatic rings. The van der Waals surface area contributed by atoms with E-state index in [4.69, 9.17) is 4.74 Å². The molecule has 1 aliphatic rings. The lowest BCUT2D eigenvalue weighted by molar-refractivity contribution is -0.134. The molecule has 2 aromatic carbocycles. The minimum Gasteiger partial charge on any atom is -0.496 e. The van der Waals surface area contributed by atoms with Crippen LogP contribution < -0.4 is 10.1 Å². The lowest BCUT2D eigenvalue weighted by atomic mass is 9.99. The molecule has 0 saturated carbocycles. The summed E-state index contributed by atoms with van der Waals surface area (Å²) in [6.45, 7) is 1.27. The second-order valence-electron chi connectivity index (χ2n) is 6.79. The van der Waals surface area contributed by atoms with Crippen molar-refractivity contribution in [3.05, 3.63) is 65.2 Å². The third kappa shape index (κ3) is 4.68. The number of nitrogens with zero attached hydrogens (tertiary/aromatic N) is 1. The number of methoxy groups -OCH3 is 1. The van der Waals surface area contributed by atoms with Crippen LogP contribution in [0.5, 0.6) is 5.75 Å². The summed E-state index contributed by atoms with van der Waals surface area (Å²) in [6, 6.07) is 14.7. The molecule has 0 saturated heterocycles. The molecule has 1 unspecified atom stereocenters. The Bertz CT molecular complexity index is 840. The normalized spacial score (nSPS) is 14.1. The lowest BCUT2D eigenvalue weighted by Crippen LogP contribution is -2.50. The average Bonchev–Trinajstić information content (AvgIpc) is 2.75. The first-order chi connectivity index (χ1) is 13.6. The molecule has 1 aliphatic heterocycles. The van der Waals surface area contributed by atoms with Crippen molar-refractivity contribution in [1.82, 2.24) is 10.2 Å². The van der Waals surface area contributed by atoms with Crippen LogP contribution in [0.3, 0.4) is 0 Å². The molecule has 1 atom stereocenters. The number of rotatable bonds is 7. The number of hydrogen-bond donors (Lipinski definition) is 1. The summed E-state index contributed by atoms with van der Waals surface area (Å²) < 4.78 is 5.28. The van der Waals surface area contributed by atoms with Crippen molar-refractivity contribution >= 4 is 23.6 Å². The molecule has 0 aromatic heterocycles. The van der Waals surface area contributed by atoms with E-state index in [0.717, 1.165) is 12.2 Å². The molecule has 5 nitrogen and oxygen atoms in total. The predicted molar refractivity (Wildman–Crippen MR) is 113 cm³/mol. The van der Waals surface area contributed by atoms with Crippen LogP contribution in [0.4, 0.5) is 0 Å². The summed E-state index contributed by atoms with van der Waals surface area (Å²) >= 11 is 1.67. The Labute approximate surface area is 170 Å². The second kappa shape index (κ2) is 9.64. The quantitative estimate of drug-likeness (QED) is 0.779. The lowest BCUT2D eigenvalue weighted by Gasteiger charge is -2.32. The Morgan fingerprint density at radius 3 is 2.61 bits per heavy atom. The first-order valence-electron chi connectivity index (χ1n) is 9.42. The van der Waals surface area contributed by atoms with Gasteiger partial charge in [-0.3, -0.25) is 9.59 Å². The molecule has 148 valence electrons. The molecule has 0 radical (unpaired) electrons. The summed E-state index contributed by atoms with van der Waals surface area (Å²) in [5.74, 6) is 0.997. The van der Waals surface area contributed by atoms with Crippen molar-refractivity contribution in [3.63, 3.8) is 0 Å². The van der Waals surface area contributed by atoms with Crippen molar-refractivity contribution < 1.29 is 14.3 Å². The maximum atomic E-state index is 13.2. The average molecular weight is 399 g/mol. The van der Waals surface area contributed by atoms with Crippen LogP contribution in [-0.4, -0.2) is 48.4 Å². The van der Waals surface area contributed by atoms with Gasteiger partial charge in [0, 0.05) is 13.1 Å². The zero-order valence-corrected chi connectivity index (χ0v) is 17.1. The van der Waals surface area contributed by atoms with E-state index in [1.54, 1.807) is 30.0 Å². The highest BCUT2D eigenvalue weighted by atomic mass is 32.2. The van der Waals surface area contributed by atoms with Gasteiger partial charge in [0.2, 0.25) is 5.91 Å². The van der Waals surface area contributed by atoms with E-state index in [0.29, 0.717) is 30.8 Å². The highest BCUT2D eigenvalue weighted by Crippen LogP contribution is 2.21. The van der Waals surface area contributed by atoms with E-state index in [1.165, 1.54) is 18.2 Å². The molecule has 0 fully saturated rings. The van der Waals surface area contributed by atoms with Crippen LogP contribution in [0.1, 0.15) is 27.9 Å². The molecule has 0 bridgehead atoms. The van der Waals surface area contributed by atoms with E-state index in [2.05, 4.69) is 17.4 Å². The molecular formula is C22H26N2O3S. The number of nitrogens with one attached hydrogen (secondary N) is 1. The monoisotopic (exact) mass is 398 g/mol. The van der Waals surface area contributed by atoms with Gasteiger partial charge in [0.05, 0.1) is 12.7 Å². The number of hydrogen-bond acceptors (Lipinski definition) is 4. The number of benzene rings is 2. The van der Waals surface area contributed by atoms with Gasteiger partial charge in [-0.2, -0.15) is 11.8 Å². The summed E-state index contributed by atoms with van der Waals surface area (Å²) in [5.41, 5.74) is 2.92. The number of para-hydroxylation sites is 1. The fourth-order valence-corrected chi connectivity index (χ4v) is 3.94. The number of fused-ring (bicyclic) bond motifs is 1. The first kappa shape index (κ1) is 20.3. The highest BCUT2D eigenvalue weighted by Gasteiger charge is 2.29. The van der Waals surface area contributed by atoms with Crippen LogP contribution in [0.15, 0.2) is 48.5 Å². The third-order valence-corrected chi connectivity index (χ3v) is 5.65. The van der Waals surface area contributed by atoms with Gasteiger partial charge in [-0.15, -0.1) is 0 Å². The number of thioether (sulfide) groups is 1. The Morgan fingerprint density at radius 1 is 1.14 bits per heavy atom. The molecular weight excluding hydrogens is 372 g/mol. The third-order valence-electron chi connectivity index (χ3n) is 5.01. The SMILES string of the molecule is COc1ccccc1C(=O)NC(CCSC)C(=O)N1CCc2ccccc2C1. The number of carbonyl (C=O) groups excluding carboxylic acids is 2. The fourth-order valence-electron chi connectivity index (χ4n) is 3.47. The van der Waals surface area contributed by atoms with Crippen LogP contribution in [0, 0.1) is 0 Å². The molecule has 0 aliphatic carbocycles. The van der Waals surface area contributed by atoms with Gasteiger partial charge in [-0.1, -0.05) is 36.4 Å². The Morgan fingerprint density at radius 2 is 1.86 bits per heavy atom. The van der Waals surface area contributed by atoms with E-state index >= 15 is 0 Å². The standard InChI is InChI=1S/C22H26N2O3S/c1-27-20-10-6-5-9-18(20)21(25)23-19(12-14-28-2)22(26)24-13-11-16-7-3-4-8-17(16)15-24/h3-10,19H,11-15H2,1-2H3,(H,23,25). The topological polar surface area (TPSA) is 58.6 Å². The molecule has 2 amide bonds. The van der Waals surface area contributed by atoms with Crippen molar-refractivity contribution in [3.8, 4) is 5.75 Å². The van der Waals surface area contributed by atoms with E-state index in [1.807, 2.05) is 29.4 Å². The van der Waals surface area contributed by atoms with Gasteiger partial charge in [0.1, 0.15) is 11.8 Å². The van der Waals surface area contributed by atoms with E-state index < -0.39 is 6.04 Å². The summed E-state index contributed by atoms with van der Waals surface area (Å²) in [5, 5.41) is 2.94. The Hall–Kier alpha value is -2.47. The van der Waals surface area contributed by atoms with Crippen LogP contribution in [0.2, 0.25) is 0 Å². The highest BCUT2D eigenvalue weighted by molar-refractivity contribution is 7.98. The molecule has 1 heterocycles. The fraction of sp³-hybridized carbons (Fsp3) is 0.364. The summed E-state index contributed by atoms with van der Waals surface area (Å²) in [7, 11) is 1.54. The van der Waals surface area contributed by atoms with E-state index in [-0.39, 0.29) is 11.8 Å². The molecule has 0 spiro atoms. The maximum Gasteiger partial charge on any atom is 0.255 e. The van der Waals surface area contributed by atoms with Gasteiger partial charge in [0.15, 0.2) is 0 Å². The van der Waals surface area contributed by atoms with Crippen LogP contribution in [-0.2, 0) is 17.8 Å². The second-order valence-corrected chi connectivity index (χ2v) is 7.77. The summed E-state index contributed by atoms with van der Waals surface area (Å²) in [6.07, 6.45) is 3.44. The van der Waals surface area contributed by atoms with Crippen molar-refractivity contribution in [1.29, 1.82) is 0 Å². The molecule has 1 N–H and O–H groups in total. The first-order valence-corrected chi connectivity index (χ1v) is 10.8.